The maximum absolute atomic E-state index is 10.9. The second-order valence-electron chi connectivity index (χ2n) is 5.72. The van der Waals surface area contributed by atoms with E-state index in [4.69, 9.17) is 0 Å². The summed E-state index contributed by atoms with van der Waals surface area (Å²) in [5, 5.41) is 10.9. The monoisotopic (exact) mass is 280 g/mol. The van der Waals surface area contributed by atoms with Gasteiger partial charge in [-0.2, -0.15) is 0 Å². The van der Waals surface area contributed by atoms with Crippen LogP contribution >= 0.6 is 0 Å². The molecule has 1 rings (SSSR count). The van der Waals surface area contributed by atoms with E-state index in [1.165, 1.54) is 44.3 Å². The lowest BCUT2D eigenvalue weighted by Crippen LogP contribution is -2.35. The minimum Gasteiger partial charge on any atom is -0.550 e. The van der Waals surface area contributed by atoms with Gasteiger partial charge in [-0.15, -0.1) is 0 Å². The molecule has 1 heterocycles. The molecule has 20 heavy (non-hydrogen) atoms. The number of rotatable bonds is 10. The maximum Gasteiger partial charge on any atom is 0.256 e. The van der Waals surface area contributed by atoms with E-state index in [0.29, 0.717) is 6.54 Å². The van der Waals surface area contributed by atoms with Crippen molar-refractivity contribution in [2.75, 3.05) is 0 Å². The third kappa shape index (κ3) is 5.35. The van der Waals surface area contributed by atoms with E-state index in [1.54, 1.807) is 6.92 Å². The Morgan fingerprint density at radius 3 is 2.60 bits per heavy atom. The molecule has 114 valence electrons. The molecule has 0 N–H and O–H groups in total. The highest BCUT2D eigenvalue weighted by Gasteiger charge is 2.16. The van der Waals surface area contributed by atoms with Gasteiger partial charge in [0.15, 0.2) is 0 Å². The van der Waals surface area contributed by atoms with Crippen LogP contribution in [0.4, 0.5) is 0 Å². The summed E-state index contributed by atoms with van der Waals surface area (Å²) in [7, 11) is 2.02. The van der Waals surface area contributed by atoms with Gasteiger partial charge >= 0.3 is 0 Å². The zero-order valence-corrected chi connectivity index (χ0v) is 13.1. The maximum atomic E-state index is 10.9. The van der Waals surface area contributed by atoms with Gasteiger partial charge in [-0.25, -0.2) is 9.13 Å². The van der Waals surface area contributed by atoms with Crippen molar-refractivity contribution in [3.8, 4) is 0 Å². The molecule has 1 atom stereocenters. The molecule has 0 saturated heterocycles. The molecule has 0 amide bonds. The number of aromatic nitrogens is 2. The number of carboxylic acids is 1. The Bertz CT molecular complexity index is 413. The van der Waals surface area contributed by atoms with Crippen molar-refractivity contribution < 1.29 is 14.5 Å². The van der Waals surface area contributed by atoms with Crippen molar-refractivity contribution in [2.24, 2.45) is 13.0 Å². The standard InChI is InChI=1S/C16H28N2O2/c1-4-5-6-7-8-9-10-15-17(3)11-12-18(15)13-14(2)16(19)20/h11-12,14H,4-10,13H2,1-3H3. The summed E-state index contributed by atoms with van der Waals surface area (Å²) in [6.45, 7) is 4.42. The summed E-state index contributed by atoms with van der Waals surface area (Å²) in [5.41, 5.74) is 0. The molecule has 0 saturated carbocycles. The highest BCUT2D eigenvalue weighted by molar-refractivity contribution is 5.66. The molecule has 1 aromatic rings. The van der Waals surface area contributed by atoms with Crippen LogP contribution in [-0.2, 0) is 24.8 Å². The Morgan fingerprint density at radius 1 is 1.30 bits per heavy atom. The van der Waals surface area contributed by atoms with Crippen LogP contribution < -0.4 is 9.67 Å². The minimum atomic E-state index is -0.980. The first kappa shape index (κ1) is 16.7. The first-order chi connectivity index (χ1) is 9.56. The van der Waals surface area contributed by atoms with Crippen LogP contribution in [0.3, 0.4) is 0 Å². The second kappa shape index (κ2) is 8.77. The number of unbranched alkanes of at least 4 members (excludes halogenated alkanes) is 5. The van der Waals surface area contributed by atoms with Gasteiger partial charge in [0, 0.05) is 18.3 Å². The number of aliphatic carboxylic acids is 1. The average Bonchev–Trinajstić information content (AvgIpc) is 2.75. The molecule has 1 aromatic heterocycles. The topological polar surface area (TPSA) is 48.9 Å². The predicted octanol–water partition coefficient (Wildman–Crippen LogP) is 1.60. The first-order valence-electron chi connectivity index (χ1n) is 7.80. The Kier molecular flexibility index (Phi) is 7.34. The molecule has 0 radical (unpaired) electrons. The number of hydrogen-bond donors (Lipinski definition) is 0. The second-order valence-corrected chi connectivity index (χ2v) is 5.72. The summed E-state index contributed by atoms with van der Waals surface area (Å²) in [6, 6.07) is 0. The number of hydrogen-bond acceptors (Lipinski definition) is 2. The molecule has 0 aliphatic carbocycles. The fourth-order valence-corrected chi connectivity index (χ4v) is 2.47. The van der Waals surface area contributed by atoms with Crippen molar-refractivity contribution in [1.29, 1.82) is 0 Å². The molecule has 0 aromatic carbocycles. The quantitative estimate of drug-likeness (QED) is 0.483. The molecule has 0 spiro atoms. The number of carboxylic acid groups (broad SMARTS) is 1. The molecule has 0 fully saturated rings. The fraction of sp³-hybridized carbons (Fsp3) is 0.750. The zero-order chi connectivity index (χ0) is 15.0. The summed E-state index contributed by atoms with van der Waals surface area (Å²) in [4.78, 5) is 10.9. The van der Waals surface area contributed by atoms with Crippen molar-refractivity contribution >= 4 is 5.97 Å². The lowest BCUT2D eigenvalue weighted by atomic mass is 10.1. The third-order valence-corrected chi connectivity index (χ3v) is 3.84. The van der Waals surface area contributed by atoms with Crippen LogP contribution in [0.1, 0.15) is 58.2 Å². The Labute approximate surface area is 122 Å². The number of carbonyl (C=O) groups is 1. The third-order valence-electron chi connectivity index (χ3n) is 3.84. The van der Waals surface area contributed by atoms with E-state index < -0.39 is 11.9 Å². The Morgan fingerprint density at radius 2 is 1.95 bits per heavy atom. The molecule has 1 unspecified atom stereocenters. The molecule has 4 nitrogen and oxygen atoms in total. The van der Waals surface area contributed by atoms with Crippen LogP contribution in [0.2, 0.25) is 0 Å². The van der Waals surface area contributed by atoms with Gasteiger partial charge in [-0.3, -0.25) is 0 Å². The van der Waals surface area contributed by atoms with Crippen LogP contribution in [-0.4, -0.2) is 10.5 Å². The van der Waals surface area contributed by atoms with Gasteiger partial charge in [-0.05, 0) is 6.42 Å². The van der Waals surface area contributed by atoms with E-state index in [1.807, 2.05) is 24.0 Å². The largest absolute Gasteiger partial charge is 0.550 e. The predicted molar refractivity (Wildman–Crippen MR) is 76.9 cm³/mol. The number of carbonyl (C=O) groups excluding carboxylic acids is 1. The van der Waals surface area contributed by atoms with Gasteiger partial charge in [0.1, 0.15) is 12.4 Å². The van der Waals surface area contributed by atoms with E-state index >= 15 is 0 Å². The van der Waals surface area contributed by atoms with E-state index in [2.05, 4.69) is 11.5 Å². The Balaban J connectivity index is 2.44. The number of nitrogens with zero attached hydrogens (tertiary/aromatic N) is 2. The average molecular weight is 280 g/mol. The van der Waals surface area contributed by atoms with Crippen LogP contribution in [0.5, 0.6) is 0 Å². The van der Waals surface area contributed by atoms with E-state index in [-0.39, 0.29) is 0 Å². The summed E-state index contributed by atoms with van der Waals surface area (Å²) >= 11 is 0. The molecular weight excluding hydrogens is 252 g/mol. The van der Waals surface area contributed by atoms with Crippen molar-refractivity contribution in [2.45, 2.75) is 65.3 Å². The zero-order valence-electron chi connectivity index (χ0n) is 13.1. The van der Waals surface area contributed by atoms with Gasteiger partial charge in [-0.1, -0.05) is 46.0 Å². The molecule has 4 heteroatoms. The number of imidazole rings is 1. The summed E-state index contributed by atoms with van der Waals surface area (Å²) in [6.07, 6.45) is 12.6. The molecular formula is C16H28N2O2. The van der Waals surface area contributed by atoms with E-state index in [9.17, 15) is 9.90 Å². The summed E-state index contributed by atoms with van der Waals surface area (Å²) < 4.78 is 4.14. The van der Waals surface area contributed by atoms with Crippen LogP contribution in [0, 0.1) is 5.92 Å². The molecule has 0 bridgehead atoms. The van der Waals surface area contributed by atoms with E-state index in [0.717, 1.165) is 6.42 Å². The van der Waals surface area contributed by atoms with Gasteiger partial charge < -0.3 is 9.90 Å². The lowest BCUT2D eigenvalue weighted by molar-refractivity contribution is -0.678. The summed E-state index contributed by atoms with van der Waals surface area (Å²) in [5.74, 6) is -0.230. The normalized spacial score (nSPS) is 12.6. The van der Waals surface area contributed by atoms with Gasteiger partial charge in [0.2, 0.25) is 0 Å². The lowest BCUT2D eigenvalue weighted by Gasteiger charge is -2.11. The van der Waals surface area contributed by atoms with Crippen LogP contribution in [0.25, 0.3) is 0 Å². The van der Waals surface area contributed by atoms with Crippen molar-refractivity contribution in [3.05, 3.63) is 18.2 Å². The van der Waals surface area contributed by atoms with Crippen molar-refractivity contribution in [1.82, 2.24) is 4.57 Å². The Hall–Kier alpha value is -1.32. The fourth-order valence-electron chi connectivity index (χ4n) is 2.47. The smallest absolute Gasteiger partial charge is 0.256 e. The highest BCUT2D eigenvalue weighted by Crippen LogP contribution is 2.09. The molecule has 0 aliphatic heterocycles. The molecule has 0 aliphatic rings. The van der Waals surface area contributed by atoms with Gasteiger partial charge in [0.05, 0.1) is 13.6 Å². The highest BCUT2D eigenvalue weighted by atomic mass is 16.4. The number of aryl methyl sites for hydroxylation is 1. The first-order valence-corrected chi connectivity index (χ1v) is 7.80. The minimum absolute atomic E-state index is 0.453. The van der Waals surface area contributed by atoms with Crippen molar-refractivity contribution in [3.63, 3.8) is 0 Å². The van der Waals surface area contributed by atoms with Crippen LogP contribution in [0.15, 0.2) is 12.4 Å². The SMILES string of the molecule is CCCCCCCCc1n(CC(C)C(=O)[O-])cc[n+]1C. The van der Waals surface area contributed by atoms with Gasteiger partial charge in [0.25, 0.3) is 5.82 Å².